The molecule has 5 nitrogen and oxygen atoms in total. The number of carbonyl (C=O) groups is 2. The normalized spacial score (nSPS) is 15.8. The Morgan fingerprint density at radius 3 is 2.03 bits per heavy atom. The number of esters is 1. The highest BCUT2D eigenvalue weighted by molar-refractivity contribution is 6.30. The first-order valence-electron chi connectivity index (χ1n) is 9.57. The average Bonchev–Trinajstić information content (AvgIpc) is 2.75. The van der Waals surface area contributed by atoms with Gasteiger partial charge in [0.15, 0.2) is 0 Å². The van der Waals surface area contributed by atoms with E-state index in [1.54, 1.807) is 12.1 Å². The highest BCUT2D eigenvalue weighted by Gasteiger charge is 2.32. The minimum absolute atomic E-state index is 0.126. The van der Waals surface area contributed by atoms with Crippen LogP contribution >= 0.6 is 23.2 Å². The van der Waals surface area contributed by atoms with E-state index >= 15 is 0 Å². The lowest BCUT2D eigenvalue weighted by molar-refractivity contribution is -0.148. The van der Waals surface area contributed by atoms with Crippen molar-refractivity contribution in [2.75, 3.05) is 33.3 Å². The Kier molecular flexibility index (Phi) is 7.53. The highest BCUT2D eigenvalue weighted by Crippen LogP contribution is 2.25. The third kappa shape index (κ3) is 5.72. The van der Waals surface area contributed by atoms with E-state index in [9.17, 15) is 9.59 Å². The fourth-order valence-electron chi connectivity index (χ4n) is 3.54. The first-order chi connectivity index (χ1) is 14.0. The minimum Gasteiger partial charge on any atom is -0.468 e. The molecule has 1 aliphatic rings. The number of nitrogens with zero attached hydrogens (tertiary/aromatic N) is 2. The zero-order valence-corrected chi connectivity index (χ0v) is 17.8. The summed E-state index contributed by atoms with van der Waals surface area (Å²) in [5, 5.41) is 1.31. The molecule has 1 aliphatic heterocycles. The predicted molar refractivity (Wildman–Crippen MR) is 114 cm³/mol. The molecule has 29 heavy (non-hydrogen) atoms. The van der Waals surface area contributed by atoms with Gasteiger partial charge in [-0.2, -0.15) is 0 Å². The molecular formula is C22H24Cl2N2O3. The van der Waals surface area contributed by atoms with Crippen LogP contribution in [0.5, 0.6) is 0 Å². The maximum Gasteiger partial charge on any atom is 0.327 e. The van der Waals surface area contributed by atoms with Crippen molar-refractivity contribution >= 4 is 35.1 Å². The van der Waals surface area contributed by atoms with Gasteiger partial charge in [0.2, 0.25) is 5.91 Å². The van der Waals surface area contributed by atoms with Crippen molar-refractivity contribution in [1.82, 2.24) is 9.80 Å². The molecule has 1 saturated heterocycles. The summed E-state index contributed by atoms with van der Waals surface area (Å²) in [6, 6.07) is 14.3. The van der Waals surface area contributed by atoms with Crippen LogP contribution in [-0.2, 0) is 20.7 Å². The Labute approximate surface area is 181 Å². The molecule has 154 valence electrons. The van der Waals surface area contributed by atoms with Crippen LogP contribution in [0.25, 0.3) is 0 Å². The fourth-order valence-corrected chi connectivity index (χ4v) is 3.79. The zero-order valence-electron chi connectivity index (χ0n) is 16.3. The molecule has 7 heteroatoms. The van der Waals surface area contributed by atoms with Gasteiger partial charge in [-0.25, -0.2) is 4.79 Å². The lowest BCUT2D eigenvalue weighted by atomic mass is 10.0. The van der Waals surface area contributed by atoms with Crippen molar-refractivity contribution in [3.63, 3.8) is 0 Å². The molecule has 2 aromatic carbocycles. The topological polar surface area (TPSA) is 49.9 Å². The summed E-state index contributed by atoms with van der Waals surface area (Å²) < 4.78 is 5.02. The second kappa shape index (κ2) is 10.1. The molecule has 0 aliphatic carbocycles. The Balaban J connectivity index is 1.57. The second-order valence-corrected chi connectivity index (χ2v) is 7.89. The molecule has 1 atom stereocenters. The average molecular weight is 435 g/mol. The van der Waals surface area contributed by atoms with Crippen LogP contribution in [-0.4, -0.2) is 55.0 Å². The Morgan fingerprint density at radius 1 is 0.931 bits per heavy atom. The summed E-state index contributed by atoms with van der Waals surface area (Å²) in [5.74, 6) is -0.185. The third-order valence-electron chi connectivity index (χ3n) is 5.18. The van der Waals surface area contributed by atoms with E-state index in [1.165, 1.54) is 7.11 Å². The molecule has 1 heterocycles. The molecule has 2 aromatic rings. The van der Waals surface area contributed by atoms with E-state index < -0.39 is 6.04 Å². The van der Waals surface area contributed by atoms with Crippen LogP contribution in [0.15, 0.2) is 48.5 Å². The summed E-state index contributed by atoms with van der Waals surface area (Å²) in [6.07, 6.45) is 1.14. The van der Waals surface area contributed by atoms with Gasteiger partial charge in [0.1, 0.15) is 6.04 Å². The molecule has 1 amide bonds. The molecule has 0 bridgehead atoms. The highest BCUT2D eigenvalue weighted by atomic mass is 35.5. The van der Waals surface area contributed by atoms with Crippen molar-refractivity contribution in [2.24, 2.45) is 0 Å². The smallest absolute Gasteiger partial charge is 0.327 e. The van der Waals surface area contributed by atoms with Gasteiger partial charge >= 0.3 is 5.97 Å². The number of carbonyl (C=O) groups excluding carboxylic acids is 2. The van der Waals surface area contributed by atoms with Crippen molar-refractivity contribution in [3.05, 3.63) is 69.7 Å². The first-order valence-corrected chi connectivity index (χ1v) is 10.3. The Bertz CT molecular complexity index is 832. The van der Waals surface area contributed by atoms with Gasteiger partial charge in [0.05, 0.1) is 7.11 Å². The summed E-state index contributed by atoms with van der Waals surface area (Å²) in [4.78, 5) is 28.9. The Hall–Kier alpha value is -2.08. The van der Waals surface area contributed by atoms with Crippen LogP contribution in [0, 0.1) is 0 Å². The molecule has 0 radical (unpaired) electrons. The van der Waals surface area contributed by atoms with E-state index in [4.69, 9.17) is 27.9 Å². The summed E-state index contributed by atoms with van der Waals surface area (Å²) in [7, 11) is 1.39. The lowest BCUT2D eigenvalue weighted by Crippen LogP contribution is -2.51. The molecular weight excluding hydrogens is 411 g/mol. The number of ether oxygens (including phenoxy) is 1. The number of hydrogen-bond donors (Lipinski definition) is 0. The molecule has 3 rings (SSSR count). The van der Waals surface area contributed by atoms with Crippen LogP contribution in [0.2, 0.25) is 10.0 Å². The SMILES string of the molecule is COC(=O)C(c1ccc(Cl)cc1)N1CCN(C(=O)CCc2ccc(Cl)cc2)CC1. The molecule has 0 spiro atoms. The standard InChI is InChI=1S/C22H24Cl2N2O3/c1-29-22(28)21(17-5-9-19(24)10-6-17)26-14-12-25(13-15-26)20(27)11-4-16-2-7-18(23)8-3-16/h2-3,5-10,21H,4,11-15H2,1H3. The van der Waals surface area contributed by atoms with Crippen LogP contribution in [0.1, 0.15) is 23.6 Å². The van der Waals surface area contributed by atoms with Gasteiger partial charge in [-0.3, -0.25) is 9.69 Å². The predicted octanol–water partition coefficient (Wildman–Crippen LogP) is 3.98. The van der Waals surface area contributed by atoms with Gasteiger partial charge in [-0.15, -0.1) is 0 Å². The molecule has 0 aromatic heterocycles. The van der Waals surface area contributed by atoms with E-state index in [-0.39, 0.29) is 11.9 Å². The van der Waals surface area contributed by atoms with Gasteiger partial charge in [0, 0.05) is 42.6 Å². The van der Waals surface area contributed by atoms with Gasteiger partial charge in [0.25, 0.3) is 0 Å². The van der Waals surface area contributed by atoms with Gasteiger partial charge in [-0.1, -0.05) is 47.5 Å². The quantitative estimate of drug-likeness (QED) is 0.644. The van der Waals surface area contributed by atoms with E-state index in [0.29, 0.717) is 49.1 Å². The maximum absolute atomic E-state index is 12.6. The van der Waals surface area contributed by atoms with Crippen LogP contribution in [0.3, 0.4) is 0 Å². The zero-order chi connectivity index (χ0) is 20.8. The molecule has 1 fully saturated rings. The van der Waals surface area contributed by atoms with Crippen molar-refractivity contribution in [2.45, 2.75) is 18.9 Å². The fraction of sp³-hybridized carbons (Fsp3) is 0.364. The second-order valence-electron chi connectivity index (χ2n) is 7.02. The number of aryl methyl sites for hydroxylation is 1. The minimum atomic E-state index is -0.497. The summed E-state index contributed by atoms with van der Waals surface area (Å²) in [5.41, 5.74) is 1.93. The third-order valence-corrected chi connectivity index (χ3v) is 5.69. The first kappa shape index (κ1) is 21.6. The number of methoxy groups -OCH3 is 1. The number of benzene rings is 2. The van der Waals surface area contributed by atoms with E-state index in [2.05, 4.69) is 4.90 Å². The van der Waals surface area contributed by atoms with Crippen molar-refractivity contribution < 1.29 is 14.3 Å². The van der Waals surface area contributed by atoms with E-state index in [1.807, 2.05) is 41.3 Å². The summed E-state index contributed by atoms with van der Waals surface area (Å²) in [6.45, 7) is 2.38. The number of rotatable bonds is 6. The van der Waals surface area contributed by atoms with Crippen molar-refractivity contribution in [3.8, 4) is 0 Å². The van der Waals surface area contributed by atoms with Gasteiger partial charge < -0.3 is 9.64 Å². The molecule has 0 saturated carbocycles. The Morgan fingerprint density at radius 2 is 1.48 bits per heavy atom. The van der Waals surface area contributed by atoms with Crippen LogP contribution < -0.4 is 0 Å². The van der Waals surface area contributed by atoms with Crippen molar-refractivity contribution in [1.29, 1.82) is 0 Å². The monoisotopic (exact) mass is 434 g/mol. The number of halogens is 2. The summed E-state index contributed by atoms with van der Waals surface area (Å²) >= 11 is 11.9. The number of amides is 1. The van der Waals surface area contributed by atoms with Gasteiger partial charge in [-0.05, 0) is 41.8 Å². The largest absolute Gasteiger partial charge is 0.468 e. The molecule has 1 unspecified atom stereocenters. The lowest BCUT2D eigenvalue weighted by Gasteiger charge is -2.38. The molecule has 0 N–H and O–H groups in total. The maximum atomic E-state index is 12.6. The van der Waals surface area contributed by atoms with E-state index in [0.717, 1.165) is 11.1 Å². The number of piperazine rings is 1. The number of hydrogen-bond acceptors (Lipinski definition) is 4. The van der Waals surface area contributed by atoms with Crippen LogP contribution in [0.4, 0.5) is 0 Å².